The summed E-state index contributed by atoms with van der Waals surface area (Å²) in [5.74, 6) is 2.49. The molecule has 3 rings (SSSR count). The summed E-state index contributed by atoms with van der Waals surface area (Å²) in [5.41, 5.74) is 1.14. The summed E-state index contributed by atoms with van der Waals surface area (Å²) in [6.07, 6.45) is 3.10. The standard InChI is InChI=1S/C18H24N4O2/c1-13(2)18-21-20-12-22(18)9-8-19-17(23)11-14-7-10-24-16-6-4-3-5-15(14)16/h3-6,12-14H,7-11H2,1-2H3,(H,19,23)/t14-/m1/s1. The predicted molar refractivity (Wildman–Crippen MR) is 91.0 cm³/mol. The third-order valence-corrected chi connectivity index (χ3v) is 4.35. The van der Waals surface area contributed by atoms with Crippen molar-refractivity contribution in [2.75, 3.05) is 13.2 Å². The lowest BCUT2D eigenvalue weighted by Gasteiger charge is -2.25. The van der Waals surface area contributed by atoms with Gasteiger partial charge in [0, 0.05) is 25.4 Å². The minimum absolute atomic E-state index is 0.0795. The molecule has 6 heteroatoms. The van der Waals surface area contributed by atoms with Crippen LogP contribution in [0.2, 0.25) is 0 Å². The molecule has 1 aliphatic heterocycles. The number of hydrogen-bond acceptors (Lipinski definition) is 4. The molecule has 0 bridgehead atoms. The monoisotopic (exact) mass is 328 g/mol. The number of amides is 1. The maximum Gasteiger partial charge on any atom is 0.220 e. The molecule has 2 heterocycles. The zero-order chi connectivity index (χ0) is 16.9. The summed E-state index contributed by atoms with van der Waals surface area (Å²) in [5, 5.41) is 11.1. The van der Waals surface area contributed by atoms with Gasteiger partial charge in [-0.1, -0.05) is 32.0 Å². The number of benzene rings is 1. The minimum atomic E-state index is 0.0795. The third-order valence-electron chi connectivity index (χ3n) is 4.35. The summed E-state index contributed by atoms with van der Waals surface area (Å²) >= 11 is 0. The Kier molecular flexibility index (Phi) is 5.13. The number of rotatable bonds is 6. The highest BCUT2D eigenvalue weighted by molar-refractivity contribution is 5.77. The van der Waals surface area contributed by atoms with Gasteiger partial charge in [-0.15, -0.1) is 10.2 Å². The molecule has 0 fully saturated rings. The summed E-state index contributed by atoms with van der Waals surface area (Å²) in [6.45, 7) is 6.12. The summed E-state index contributed by atoms with van der Waals surface area (Å²) in [7, 11) is 0. The van der Waals surface area contributed by atoms with Crippen molar-refractivity contribution in [2.24, 2.45) is 0 Å². The Morgan fingerprint density at radius 1 is 1.42 bits per heavy atom. The van der Waals surface area contributed by atoms with E-state index in [1.165, 1.54) is 0 Å². The molecule has 0 saturated carbocycles. The molecule has 0 saturated heterocycles. The molecule has 0 aliphatic carbocycles. The lowest BCUT2D eigenvalue weighted by molar-refractivity contribution is -0.121. The summed E-state index contributed by atoms with van der Waals surface area (Å²) in [6, 6.07) is 7.99. The second-order valence-electron chi connectivity index (χ2n) is 6.46. The highest BCUT2D eigenvalue weighted by Crippen LogP contribution is 2.35. The van der Waals surface area contributed by atoms with E-state index in [9.17, 15) is 4.79 Å². The van der Waals surface area contributed by atoms with Crippen molar-refractivity contribution in [3.63, 3.8) is 0 Å². The van der Waals surface area contributed by atoms with Crippen LogP contribution in [0.5, 0.6) is 5.75 Å². The van der Waals surface area contributed by atoms with Crippen LogP contribution in [-0.2, 0) is 11.3 Å². The molecule has 1 aliphatic rings. The van der Waals surface area contributed by atoms with Crippen LogP contribution in [0, 0.1) is 0 Å². The van der Waals surface area contributed by atoms with E-state index in [1.807, 2.05) is 22.8 Å². The van der Waals surface area contributed by atoms with Crippen LogP contribution in [0.3, 0.4) is 0 Å². The van der Waals surface area contributed by atoms with E-state index in [2.05, 4.69) is 35.4 Å². The number of aromatic nitrogens is 3. The third kappa shape index (κ3) is 3.75. The second-order valence-corrected chi connectivity index (χ2v) is 6.46. The molecule has 2 aromatic rings. The lowest BCUT2D eigenvalue weighted by Crippen LogP contribution is -2.30. The highest BCUT2D eigenvalue weighted by Gasteiger charge is 2.23. The average molecular weight is 328 g/mol. The predicted octanol–water partition coefficient (Wildman–Crippen LogP) is 2.47. The first kappa shape index (κ1) is 16.5. The Morgan fingerprint density at radius 3 is 3.08 bits per heavy atom. The van der Waals surface area contributed by atoms with Crippen LogP contribution in [0.1, 0.15) is 49.9 Å². The first-order chi connectivity index (χ1) is 11.6. The van der Waals surface area contributed by atoms with Gasteiger partial charge in [-0.3, -0.25) is 4.79 Å². The number of ether oxygens (including phenoxy) is 1. The van der Waals surface area contributed by atoms with Crippen LogP contribution >= 0.6 is 0 Å². The van der Waals surface area contributed by atoms with Crippen molar-refractivity contribution in [3.8, 4) is 5.75 Å². The van der Waals surface area contributed by atoms with Gasteiger partial charge >= 0.3 is 0 Å². The maximum absolute atomic E-state index is 12.3. The zero-order valence-electron chi connectivity index (χ0n) is 14.2. The minimum Gasteiger partial charge on any atom is -0.493 e. The Morgan fingerprint density at radius 2 is 2.25 bits per heavy atom. The van der Waals surface area contributed by atoms with Gasteiger partial charge in [0.05, 0.1) is 6.61 Å². The number of carbonyl (C=O) groups is 1. The first-order valence-electron chi connectivity index (χ1n) is 8.51. The molecule has 1 aromatic heterocycles. The van der Waals surface area contributed by atoms with Crippen molar-refractivity contribution < 1.29 is 9.53 Å². The van der Waals surface area contributed by atoms with E-state index in [0.717, 1.165) is 23.6 Å². The molecule has 24 heavy (non-hydrogen) atoms. The van der Waals surface area contributed by atoms with Gasteiger partial charge in [0.2, 0.25) is 5.91 Å². The SMILES string of the molecule is CC(C)c1nncn1CCNC(=O)C[C@H]1CCOc2ccccc21. The maximum atomic E-state index is 12.3. The van der Waals surface area contributed by atoms with Gasteiger partial charge in [-0.05, 0) is 24.0 Å². The van der Waals surface area contributed by atoms with Gasteiger partial charge in [-0.25, -0.2) is 0 Å². The van der Waals surface area contributed by atoms with Crippen molar-refractivity contribution in [3.05, 3.63) is 42.0 Å². The molecule has 0 unspecified atom stereocenters. The molecule has 1 aromatic carbocycles. The number of carbonyl (C=O) groups excluding carboxylic acids is 1. The average Bonchev–Trinajstić information content (AvgIpc) is 3.04. The molecular weight excluding hydrogens is 304 g/mol. The molecule has 128 valence electrons. The Hall–Kier alpha value is -2.37. The van der Waals surface area contributed by atoms with Gasteiger partial charge < -0.3 is 14.6 Å². The smallest absolute Gasteiger partial charge is 0.220 e. The molecule has 1 amide bonds. The van der Waals surface area contributed by atoms with Crippen molar-refractivity contribution in [2.45, 2.75) is 45.1 Å². The number of fused-ring (bicyclic) bond motifs is 1. The number of hydrogen-bond donors (Lipinski definition) is 1. The van der Waals surface area contributed by atoms with E-state index in [-0.39, 0.29) is 11.8 Å². The number of nitrogens with one attached hydrogen (secondary N) is 1. The fourth-order valence-electron chi connectivity index (χ4n) is 3.12. The second kappa shape index (κ2) is 7.47. The fourth-order valence-corrected chi connectivity index (χ4v) is 3.12. The number of nitrogens with zero attached hydrogens (tertiary/aromatic N) is 3. The van der Waals surface area contributed by atoms with Crippen LogP contribution in [0.4, 0.5) is 0 Å². The van der Waals surface area contributed by atoms with Gasteiger partial charge in [-0.2, -0.15) is 0 Å². The molecule has 1 atom stereocenters. The van der Waals surface area contributed by atoms with Crippen LogP contribution in [0.15, 0.2) is 30.6 Å². The quantitative estimate of drug-likeness (QED) is 0.884. The fraction of sp³-hybridized carbons (Fsp3) is 0.500. The van der Waals surface area contributed by atoms with Crippen LogP contribution < -0.4 is 10.1 Å². The molecule has 0 radical (unpaired) electrons. The molecule has 1 N–H and O–H groups in total. The summed E-state index contributed by atoms with van der Waals surface area (Å²) in [4.78, 5) is 12.3. The van der Waals surface area contributed by atoms with Gasteiger partial charge in [0.15, 0.2) is 0 Å². The normalized spacial score (nSPS) is 16.5. The van der Waals surface area contributed by atoms with E-state index < -0.39 is 0 Å². The van der Waals surface area contributed by atoms with E-state index in [4.69, 9.17) is 4.74 Å². The lowest BCUT2D eigenvalue weighted by atomic mass is 9.90. The molecular formula is C18H24N4O2. The van der Waals surface area contributed by atoms with Crippen LogP contribution in [-0.4, -0.2) is 33.8 Å². The van der Waals surface area contributed by atoms with Crippen molar-refractivity contribution in [1.82, 2.24) is 20.1 Å². The number of para-hydroxylation sites is 1. The van der Waals surface area contributed by atoms with E-state index >= 15 is 0 Å². The van der Waals surface area contributed by atoms with Crippen molar-refractivity contribution >= 4 is 5.91 Å². The zero-order valence-corrected chi connectivity index (χ0v) is 14.2. The molecule has 0 spiro atoms. The van der Waals surface area contributed by atoms with E-state index in [0.29, 0.717) is 32.0 Å². The Balaban J connectivity index is 1.51. The van der Waals surface area contributed by atoms with Gasteiger partial charge in [0.25, 0.3) is 0 Å². The van der Waals surface area contributed by atoms with Crippen LogP contribution in [0.25, 0.3) is 0 Å². The topological polar surface area (TPSA) is 69.0 Å². The van der Waals surface area contributed by atoms with Gasteiger partial charge in [0.1, 0.15) is 17.9 Å². The largest absolute Gasteiger partial charge is 0.493 e. The van der Waals surface area contributed by atoms with Crippen molar-refractivity contribution in [1.29, 1.82) is 0 Å². The Bertz CT molecular complexity index is 696. The Labute approximate surface area is 142 Å². The molecule has 6 nitrogen and oxygen atoms in total. The highest BCUT2D eigenvalue weighted by atomic mass is 16.5. The summed E-state index contributed by atoms with van der Waals surface area (Å²) < 4.78 is 7.65. The van der Waals surface area contributed by atoms with E-state index in [1.54, 1.807) is 6.33 Å². The first-order valence-corrected chi connectivity index (χ1v) is 8.51.